The third kappa shape index (κ3) is 3.52. The van der Waals surface area contributed by atoms with Crippen LogP contribution in [-0.4, -0.2) is 68.3 Å². The first kappa shape index (κ1) is 22.9. The van der Waals surface area contributed by atoms with Crippen LogP contribution in [0, 0.1) is 17.3 Å². The van der Waals surface area contributed by atoms with Gasteiger partial charge in [0.2, 0.25) is 6.29 Å². The summed E-state index contributed by atoms with van der Waals surface area (Å²) in [4.78, 5) is 11.3. The van der Waals surface area contributed by atoms with E-state index in [-0.39, 0.29) is 28.9 Å². The summed E-state index contributed by atoms with van der Waals surface area (Å²) >= 11 is 0. The largest absolute Gasteiger partial charge is 0.547 e. The number of benzene rings is 1. The van der Waals surface area contributed by atoms with E-state index in [0.717, 1.165) is 49.7 Å². The molecular formula is C24H31O9-. The molecule has 0 aromatic heterocycles. The minimum Gasteiger partial charge on any atom is -0.547 e. The molecule has 182 valence electrons. The number of hydrogen-bond acceptors (Lipinski definition) is 9. The zero-order valence-corrected chi connectivity index (χ0v) is 18.5. The maximum Gasteiger partial charge on any atom is 0.229 e. The van der Waals surface area contributed by atoms with E-state index in [4.69, 9.17) is 9.47 Å². The van der Waals surface area contributed by atoms with Crippen molar-refractivity contribution >= 4 is 5.97 Å². The van der Waals surface area contributed by atoms with Crippen LogP contribution in [0.4, 0.5) is 0 Å². The summed E-state index contributed by atoms with van der Waals surface area (Å²) in [5.41, 5.74) is 2.01. The van der Waals surface area contributed by atoms with Crippen LogP contribution in [0.2, 0.25) is 0 Å². The van der Waals surface area contributed by atoms with E-state index in [1.165, 1.54) is 0 Å². The lowest BCUT2D eigenvalue weighted by Gasteiger charge is -2.50. The first-order chi connectivity index (χ1) is 15.6. The lowest BCUT2D eigenvalue weighted by Crippen LogP contribution is -2.63. The average molecular weight is 464 g/mol. The topological polar surface area (TPSA) is 160 Å². The van der Waals surface area contributed by atoms with E-state index < -0.39 is 36.7 Å². The molecule has 0 unspecified atom stereocenters. The van der Waals surface area contributed by atoms with Gasteiger partial charge in [0.15, 0.2) is 11.5 Å². The summed E-state index contributed by atoms with van der Waals surface area (Å²) in [5, 5.41) is 62.5. The number of aryl methyl sites for hydroxylation is 1. The van der Waals surface area contributed by atoms with Crippen LogP contribution in [0.3, 0.4) is 0 Å². The van der Waals surface area contributed by atoms with Crippen molar-refractivity contribution in [1.82, 2.24) is 0 Å². The fraction of sp³-hybridized carbons (Fsp3) is 0.708. The van der Waals surface area contributed by atoms with E-state index in [2.05, 4.69) is 6.92 Å². The van der Waals surface area contributed by atoms with Gasteiger partial charge in [-0.15, -0.1) is 0 Å². The third-order valence-corrected chi connectivity index (χ3v) is 8.80. The number of fused-ring (bicyclic) bond motifs is 5. The van der Waals surface area contributed by atoms with Crippen molar-refractivity contribution in [2.45, 2.75) is 88.2 Å². The molecule has 9 nitrogen and oxygen atoms in total. The average Bonchev–Trinajstić information content (AvgIpc) is 3.08. The monoisotopic (exact) mass is 463 g/mol. The number of aliphatic carboxylic acids is 1. The van der Waals surface area contributed by atoms with Gasteiger partial charge in [0.25, 0.3) is 0 Å². The van der Waals surface area contributed by atoms with Crippen LogP contribution in [0.25, 0.3) is 0 Å². The number of ether oxygens (including phenoxy) is 2. The Morgan fingerprint density at radius 3 is 2.58 bits per heavy atom. The molecular weight excluding hydrogens is 432 g/mol. The summed E-state index contributed by atoms with van der Waals surface area (Å²) in [6, 6.07) is 3.35. The van der Waals surface area contributed by atoms with Gasteiger partial charge in [-0.3, -0.25) is 0 Å². The molecule has 1 aliphatic heterocycles. The predicted octanol–water partition coefficient (Wildman–Crippen LogP) is -0.454. The normalized spacial score (nSPS) is 44.5. The van der Waals surface area contributed by atoms with Crippen LogP contribution in [0.5, 0.6) is 11.5 Å². The van der Waals surface area contributed by atoms with Gasteiger partial charge in [0.1, 0.15) is 24.4 Å². The van der Waals surface area contributed by atoms with Crippen LogP contribution >= 0.6 is 0 Å². The van der Waals surface area contributed by atoms with E-state index in [1.807, 2.05) is 0 Å². The predicted molar refractivity (Wildman–Crippen MR) is 111 cm³/mol. The second kappa shape index (κ2) is 8.09. The Morgan fingerprint density at radius 1 is 1.09 bits per heavy atom. The number of carbonyl (C=O) groups is 1. The Kier molecular flexibility index (Phi) is 5.61. The maximum atomic E-state index is 11.3. The zero-order chi connectivity index (χ0) is 23.7. The SMILES string of the molecule is C[C@]12CC[C@@H]3c4cc(O[C@@H]5O[C@H](C(=O)[O-])[C@@H](O)[C@H](O)[C@H]5O)c(O)cc4CC[C@H]3[C@@H]1CC[C@@H]2O. The first-order valence-corrected chi connectivity index (χ1v) is 11.7. The standard InChI is InChI=1S/C24H32O9/c1-24-7-6-11-12(14(24)4-5-17(24)26)3-2-10-8-15(25)16(9-13(10)11)32-23-20(29)18(27)19(28)21(33-23)22(30)31/h8-9,11-12,14,17-21,23,25-29H,2-7H2,1H3,(H,30,31)/p-1/t11-,12+,14-,17-,18-,19-,20+,21-,23+,24-/m0/s1. The highest BCUT2D eigenvalue weighted by molar-refractivity contribution is 5.71. The number of rotatable bonds is 3. The molecule has 33 heavy (non-hydrogen) atoms. The number of carboxylic acid groups (broad SMARTS) is 1. The zero-order valence-electron chi connectivity index (χ0n) is 18.5. The van der Waals surface area contributed by atoms with Crippen LogP contribution in [0.1, 0.15) is 56.1 Å². The van der Waals surface area contributed by atoms with E-state index >= 15 is 0 Å². The van der Waals surface area contributed by atoms with Gasteiger partial charge < -0.3 is 44.9 Å². The van der Waals surface area contributed by atoms with E-state index in [9.17, 15) is 35.4 Å². The van der Waals surface area contributed by atoms with Gasteiger partial charge in [-0.05, 0) is 85.0 Å². The highest BCUT2D eigenvalue weighted by Crippen LogP contribution is 2.61. The van der Waals surface area contributed by atoms with Crippen molar-refractivity contribution in [2.24, 2.45) is 17.3 Å². The number of aliphatic hydroxyl groups excluding tert-OH is 4. The molecule has 3 aliphatic carbocycles. The van der Waals surface area contributed by atoms with Crippen molar-refractivity contribution in [3.63, 3.8) is 0 Å². The van der Waals surface area contributed by atoms with Crippen molar-refractivity contribution in [3.8, 4) is 11.5 Å². The number of aromatic hydroxyl groups is 1. The summed E-state index contributed by atoms with van der Waals surface area (Å²) < 4.78 is 10.8. The Labute approximate surface area is 191 Å². The summed E-state index contributed by atoms with van der Waals surface area (Å²) in [5.74, 6) is -0.808. The fourth-order valence-corrected chi connectivity index (χ4v) is 6.92. The summed E-state index contributed by atoms with van der Waals surface area (Å²) in [6.07, 6.45) is -3.75. The first-order valence-electron chi connectivity index (χ1n) is 11.7. The van der Waals surface area contributed by atoms with E-state index in [0.29, 0.717) is 11.8 Å². The van der Waals surface area contributed by atoms with Crippen molar-refractivity contribution < 1.29 is 44.9 Å². The van der Waals surface area contributed by atoms with Crippen molar-refractivity contribution in [1.29, 1.82) is 0 Å². The molecule has 1 saturated heterocycles. The molecule has 1 aromatic carbocycles. The third-order valence-electron chi connectivity index (χ3n) is 8.80. The van der Waals surface area contributed by atoms with Gasteiger partial charge in [-0.25, -0.2) is 0 Å². The minimum atomic E-state index is -1.89. The van der Waals surface area contributed by atoms with Gasteiger partial charge in [0.05, 0.1) is 12.1 Å². The lowest BCUT2D eigenvalue weighted by atomic mass is 9.55. The molecule has 5 rings (SSSR count). The molecule has 5 N–H and O–H groups in total. The summed E-state index contributed by atoms with van der Waals surface area (Å²) in [7, 11) is 0. The molecule has 1 aromatic rings. The second-order valence-corrected chi connectivity index (χ2v) is 10.4. The quantitative estimate of drug-likeness (QED) is 0.400. The van der Waals surface area contributed by atoms with Crippen LogP contribution < -0.4 is 9.84 Å². The molecule has 0 spiro atoms. The molecule has 4 aliphatic rings. The van der Waals surface area contributed by atoms with Crippen molar-refractivity contribution in [2.75, 3.05) is 0 Å². The van der Waals surface area contributed by atoms with Gasteiger partial charge in [0, 0.05) is 0 Å². The van der Waals surface area contributed by atoms with Crippen molar-refractivity contribution in [3.05, 3.63) is 23.3 Å². The summed E-state index contributed by atoms with van der Waals surface area (Å²) in [6.45, 7) is 2.20. The maximum absolute atomic E-state index is 11.3. The molecule has 3 fully saturated rings. The molecule has 2 saturated carbocycles. The smallest absolute Gasteiger partial charge is 0.229 e. The lowest BCUT2D eigenvalue weighted by molar-refractivity contribution is -0.342. The van der Waals surface area contributed by atoms with Gasteiger partial charge >= 0.3 is 0 Å². The number of aliphatic hydroxyl groups is 4. The van der Waals surface area contributed by atoms with Crippen LogP contribution in [0.15, 0.2) is 12.1 Å². The highest BCUT2D eigenvalue weighted by Gasteiger charge is 2.54. The number of hydrogen-bond donors (Lipinski definition) is 5. The molecule has 1 heterocycles. The minimum absolute atomic E-state index is 0.0129. The number of carbonyl (C=O) groups excluding carboxylic acids is 1. The van der Waals surface area contributed by atoms with Gasteiger partial charge in [-0.2, -0.15) is 0 Å². The second-order valence-electron chi connectivity index (χ2n) is 10.4. The number of carboxylic acids is 1. The van der Waals surface area contributed by atoms with Crippen LogP contribution in [-0.2, 0) is 16.0 Å². The number of phenolic OH excluding ortho intramolecular Hbond substituents is 1. The Morgan fingerprint density at radius 2 is 1.85 bits per heavy atom. The molecule has 0 bridgehead atoms. The Hall–Kier alpha value is -1.91. The van der Waals surface area contributed by atoms with Gasteiger partial charge in [-0.1, -0.05) is 6.92 Å². The molecule has 10 atom stereocenters. The molecule has 9 heteroatoms. The van der Waals surface area contributed by atoms with E-state index in [1.54, 1.807) is 12.1 Å². The fourth-order valence-electron chi connectivity index (χ4n) is 6.92. The number of phenols is 1. The molecule has 0 radical (unpaired) electrons. The Bertz CT molecular complexity index is 935. The Balaban J connectivity index is 1.42. The highest BCUT2D eigenvalue weighted by atomic mass is 16.7. The molecule has 0 amide bonds.